The van der Waals surface area contributed by atoms with E-state index in [-0.39, 0.29) is 16.5 Å². The molecule has 4 aromatic rings. The molecule has 154 valence electrons. The first-order valence-electron chi connectivity index (χ1n) is 9.49. The fourth-order valence-corrected chi connectivity index (χ4v) is 4.15. The molecular formula is C23H18N4O3S. The highest BCUT2D eigenvalue weighted by molar-refractivity contribution is 7.17. The lowest BCUT2D eigenvalue weighted by Gasteiger charge is -2.13. The number of aryl methyl sites for hydroxylation is 1. The molecule has 2 N–H and O–H groups in total. The molecule has 8 heteroatoms. The molecule has 7 nitrogen and oxygen atoms in total. The lowest BCUT2D eigenvalue weighted by molar-refractivity contribution is 0.101. The number of H-pyrrole nitrogens is 1. The molecule has 0 bridgehead atoms. The number of ketones is 1. The zero-order valence-corrected chi connectivity index (χ0v) is 17.6. The molecule has 2 aromatic carbocycles. The van der Waals surface area contributed by atoms with Gasteiger partial charge in [-0.05, 0) is 12.5 Å². The van der Waals surface area contributed by atoms with Crippen LogP contribution in [-0.4, -0.2) is 26.9 Å². The first-order chi connectivity index (χ1) is 15.0. The van der Waals surface area contributed by atoms with Gasteiger partial charge >= 0.3 is 0 Å². The molecule has 0 spiro atoms. The van der Waals surface area contributed by atoms with E-state index < -0.39 is 11.5 Å². The van der Waals surface area contributed by atoms with Crippen LogP contribution in [0.2, 0.25) is 0 Å². The number of benzene rings is 2. The van der Waals surface area contributed by atoms with Crippen LogP contribution < -0.4 is 10.9 Å². The van der Waals surface area contributed by atoms with Crippen LogP contribution >= 0.6 is 11.3 Å². The summed E-state index contributed by atoms with van der Waals surface area (Å²) in [6.45, 7) is 3.14. The number of Topliss-reactive ketones (excluding diaryl/α,β-unsaturated/α-hetero) is 1. The summed E-state index contributed by atoms with van der Waals surface area (Å²) >= 11 is 1.08. The molecule has 0 aliphatic heterocycles. The Balaban J connectivity index is 1.87. The molecule has 0 aliphatic rings. The predicted octanol–water partition coefficient (Wildman–Crippen LogP) is 4.32. The Labute approximate surface area is 181 Å². The molecule has 2 heterocycles. The van der Waals surface area contributed by atoms with Crippen molar-refractivity contribution in [3.05, 3.63) is 87.2 Å². The number of hydrogen-bond donors (Lipinski definition) is 2. The van der Waals surface area contributed by atoms with E-state index in [1.807, 2.05) is 60.7 Å². The summed E-state index contributed by atoms with van der Waals surface area (Å²) in [6, 6.07) is 18.5. The van der Waals surface area contributed by atoms with Crippen LogP contribution in [0.1, 0.15) is 32.6 Å². The molecule has 4 rings (SSSR count). The second kappa shape index (κ2) is 8.45. The zero-order chi connectivity index (χ0) is 22.0. The van der Waals surface area contributed by atoms with Crippen molar-refractivity contribution in [3.63, 3.8) is 0 Å². The maximum Gasteiger partial charge on any atom is 0.277 e. The van der Waals surface area contributed by atoms with E-state index >= 15 is 0 Å². The van der Waals surface area contributed by atoms with Crippen LogP contribution in [0.5, 0.6) is 0 Å². The van der Waals surface area contributed by atoms with E-state index in [2.05, 4.69) is 20.5 Å². The molecule has 31 heavy (non-hydrogen) atoms. The molecule has 0 saturated carbocycles. The third-order valence-corrected chi connectivity index (χ3v) is 5.83. The Morgan fingerprint density at radius 3 is 2.16 bits per heavy atom. The van der Waals surface area contributed by atoms with Gasteiger partial charge in [0.05, 0.1) is 16.3 Å². The Morgan fingerprint density at radius 1 is 0.968 bits per heavy atom. The second-order valence-electron chi connectivity index (χ2n) is 6.83. The summed E-state index contributed by atoms with van der Waals surface area (Å²) in [6.07, 6.45) is 0. The van der Waals surface area contributed by atoms with Gasteiger partial charge in [-0.25, -0.2) is 10.1 Å². The van der Waals surface area contributed by atoms with Crippen molar-refractivity contribution in [2.75, 3.05) is 5.32 Å². The molecule has 0 atom stereocenters. The number of hydrogen-bond acceptors (Lipinski definition) is 6. The number of aromatic amines is 1. The molecule has 0 saturated heterocycles. The predicted molar refractivity (Wildman–Crippen MR) is 121 cm³/mol. The fourth-order valence-electron chi connectivity index (χ4n) is 3.29. The van der Waals surface area contributed by atoms with Crippen LogP contribution in [0.15, 0.2) is 65.5 Å². The van der Waals surface area contributed by atoms with Crippen molar-refractivity contribution in [1.82, 2.24) is 15.2 Å². The second-order valence-corrected chi connectivity index (χ2v) is 7.83. The molecule has 0 radical (unpaired) electrons. The number of carbonyl (C=O) groups is 2. The largest absolute Gasteiger partial charge is 0.298 e. The summed E-state index contributed by atoms with van der Waals surface area (Å²) in [7, 11) is 0. The van der Waals surface area contributed by atoms with E-state index in [4.69, 9.17) is 0 Å². The average Bonchev–Trinajstić information content (AvgIpc) is 3.14. The highest BCUT2D eigenvalue weighted by Crippen LogP contribution is 2.32. The first-order valence-corrected chi connectivity index (χ1v) is 10.3. The maximum absolute atomic E-state index is 13.2. The highest BCUT2D eigenvalue weighted by Gasteiger charge is 2.24. The van der Waals surface area contributed by atoms with E-state index in [1.165, 1.54) is 6.92 Å². The van der Waals surface area contributed by atoms with Gasteiger partial charge in [0.1, 0.15) is 5.56 Å². The van der Waals surface area contributed by atoms with Gasteiger partial charge in [0.25, 0.3) is 11.5 Å². The van der Waals surface area contributed by atoms with E-state index in [9.17, 15) is 14.4 Å². The van der Waals surface area contributed by atoms with Gasteiger partial charge in [0, 0.05) is 18.1 Å². The summed E-state index contributed by atoms with van der Waals surface area (Å²) in [5, 5.41) is 9.61. The quantitative estimate of drug-likeness (QED) is 0.459. The van der Waals surface area contributed by atoms with Crippen LogP contribution in [-0.2, 0) is 0 Å². The van der Waals surface area contributed by atoms with Crippen LogP contribution in [0.3, 0.4) is 0 Å². The summed E-state index contributed by atoms with van der Waals surface area (Å²) in [4.78, 5) is 42.4. The van der Waals surface area contributed by atoms with Crippen LogP contribution in [0, 0.1) is 6.92 Å². The van der Waals surface area contributed by atoms with Crippen molar-refractivity contribution in [1.29, 1.82) is 0 Å². The first kappa shape index (κ1) is 20.4. The summed E-state index contributed by atoms with van der Waals surface area (Å²) in [5.74, 6) is -0.753. The van der Waals surface area contributed by atoms with Gasteiger partial charge in [-0.15, -0.1) is 0 Å². The minimum absolute atomic E-state index is 0.0720. The Morgan fingerprint density at radius 2 is 1.58 bits per heavy atom. The van der Waals surface area contributed by atoms with Gasteiger partial charge in [-0.2, -0.15) is 5.10 Å². The monoisotopic (exact) mass is 430 g/mol. The Bertz CT molecular complexity index is 1330. The van der Waals surface area contributed by atoms with Crippen molar-refractivity contribution in [3.8, 4) is 22.4 Å². The third kappa shape index (κ3) is 4.06. The number of anilines is 1. The Kier molecular flexibility index (Phi) is 5.55. The molecule has 2 aromatic heterocycles. The number of carbonyl (C=O) groups excluding carboxylic acids is 2. The van der Waals surface area contributed by atoms with Crippen molar-refractivity contribution in [2.24, 2.45) is 0 Å². The van der Waals surface area contributed by atoms with Gasteiger partial charge in [-0.1, -0.05) is 72.0 Å². The van der Waals surface area contributed by atoms with Gasteiger partial charge in [0.15, 0.2) is 10.9 Å². The van der Waals surface area contributed by atoms with Crippen LogP contribution in [0.4, 0.5) is 5.13 Å². The minimum Gasteiger partial charge on any atom is -0.298 e. The number of rotatable bonds is 5. The lowest BCUT2D eigenvalue weighted by Crippen LogP contribution is -2.26. The average molecular weight is 430 g/mol. The number of nitrogens with one attached hydrogen (secondary N) is 2. The molecular weight excluding hydrogens is 412 g/mol. The van der Waals surface area contributed by atoms with Crippen molar-refractivity contribution < 1.29 is 9.59 Å². The molecule has 0 unspecified atom stereocenters. The summed E-state index contributed by atoms with van der Waals surface area (Å²) < 4.78 is 0. The summed E-state index contributed by atoms with van der Waals surface area (Å²) in [5.41, 5.74) is 2.20. The normalized spacial score (nSPS) is 10.6. The van der Waals surface area contributed by atoms with Gasteiger partial charge in [-0.3, -0.25) is 19.7 Å². The SMILES string of the molecule is CC(=O)c1sc(NC(=O)c2c(-c3ccccc3)c(-c3ccccc3)n[nH]c2=O)nc1C. The van der Waals surface area contributed by atoms with Crippen molar-refractivity contribution in [2.45, 2.75) is 13.8 Å². The van der Waals surface area contributed by atoms with E-state index in [1.54, 1.807) is 6.92 Å². The number of nitrogens with zero attached hydrogens (tertiary/aromatic N) is 2. The van der Waals surface area contributed by atoms with E-state index in [0.717, 1.165) is 16.9 Å². The van der Waals surface area contributed by atoms with E-state index in [0.29, 0.717) is 27.4 Å². The third-order valence-electron chi connectivity index (χ3n) is 4.66. The van der Waals surface area contributed by atoms with Crippen LogP contribution in [0.25, 0.3) is 22.4 Å². The smallest absolute Gasteiger partial charge is 0.277 e. The maximum atomic E-state index is 13.2. The number of amides is 1. The van der Waals surface area contributed by atoms with Gasteiger partial charge < -0.3 is 0 Å². The van der Waals surface area contributed by atoms with Gasteiger partial charge in [0.2, 0.25) is 0 Å². The molecule has 1 amide bonds. The number of aromatic nitrogens is 3. The zero-order valence-electron chi connectivity index (χ0n) is 16.8. The topological polar surface area (TPSA) is 105 Å². The molecule has 0 aliphatic carbocycles. The lowest BCUT2D eigenvalue weighted by atomic mass is 9.95. The minimum atomic E-state index is -0.622. The number of thiazole rings is 1. The fraction of sp³-hybridized carbons (Fsp3) is 0.0870. The molecule has 0 fully saturated rings. The Hall–Kier alpha value is -3.91. The standard InChI is InChI=1S/C23H18N4O3S/c1-13-20(14(2)28)31-23(24-13)25-21(29)18-17(15-9-5-3-6-10-15)19(26-27-22(18)30)16-11-7-4-8-12-16/h3-12H,1-2H3,(H,27,30)(H,24,25,29). The highest BCUT2D eigenvalue weighted by atomic mass is 32.1. The van der Waals surface area contributed by atoms with Crippen molar-refractivity contribution >= 4 is 28.2 Å².